The van der Waals surface area contributed by atoms with Crippen LogP contribution in [-0.2, 0) is 0 Å². The van der Waals surface area contributed by atoms with E-state index in [1.54, 1.807) is 0 Å². The number of benzene rings is 4. The lowest BCUT2D eigenvalue weighted by Crippen LogP contribution is -2.20. The van der Waals surface area contributed by atoms with E-state index in [-0.39, 0.29) is 0 Å². The Morgan fingerprint density at radius 3 is 1.88 bits per heavy atom. The van der Waals surface area contributed by atoms with E-state index in [2.05, 4.69) is 121 Å². The lowest BCUT2D eigenvalue weighted by atomic mass is 9.73. The summed E-state index contributed by atoms with van der Waals surface area (Å²) < 4.78 is 0. The third-order valence-corrected chi connectivity index (χ3v) is 11.2. The molecule has 2 saturated carbocycles. The van der Waals surface area contributed by atoms with Gasteiger partial charge in [-0.2, -0.15) is 0 Å². The molecule has 4 atom stereocenters. The fourth-order valence-corrected chi connectivity index (χ4v) is 8.88. The van der Waals surface area contributed by atoms with Crippen molar-refractivity contribution in [2.24, 2.45) is 11.8 Å². The number of pyridine rings is 2. The molecule has 5 heteroatoms. The highest BCUT2D eigenvalue weighted by molar-refractivity contribution is 5.74. The monoisotopic (exact) mass is 645 g/mol. The molecule has 0 N–H and O–H groups in total. The van der Waals surface area contributed by atoms with Gasteiger partial charge >= 0.3 is 0 Å². The molecule has 0 saturated heterocycles. The standard InChI is InChI=1S/C45H35N5/c1-3-9-29(10-4-1)31-16-18-32(19-17-31)43-48-44(34-14-7-13-33(26-34)30-11-5-2-6-12-30)50-45(49-43)40-21-20-38-39-25-28-23-35(27-36(39)24-28)37-15-8-22-46-41(37)42(38)47-40/h1-22,26,28,35-36,39H,23-25,27H2. The van der Waals surface area contributed by atoms with Crippen molar-refractivity contribution in [3.63, 3.8) is 0 Å². The summed E-state index contributed by atoms with van der Waals surface area (Å²) >= 11 is 0. The number of nitrogens with zero attached hydrogens (tertiary/aromatic N) is 5. The summed E-state index contributed by atoms with van der Waals surface area (Å²) in [4.78, 5) is 25.7. The summed E-state index contributed by atoms with van der Waals surface area (Å²) in [5.41, 5.74) is 11.9. The van der Waals surface area contributed by atoms with Crippen molar-refractivity contribution >= 4 is 0 Å². The van der Waals surface area contributed by atoms with E-state index in [0.717, 1.165) is 50.8 Å². The van der Waals surface area contributed by atoms with E-state index < -0.39 is 0 Å². The molecule has 2 fully saturated rings. The Labute approximate surface area is 292 Å². The zero-order chi connectivity index (χ0) is 33.0. The summed E-state index contributed by atoms with van der Waals surface area (Å²) in [5.74, 6) is 4.40. The number of aromatic nitrogens is 5. The topological polar surface area (TPSA) is 64.5 Å². The van der Waals surface area contributed by atoms with Crippen molar-refractivity contribution in [3.8, 4) is 67.9 Å². The molecule has 0 amide bonds. The van der Waals surface area contributed by atoms with Crippen LogP contribution < -0.4 is 0 Å². The molecule has 4 unspecified atom stereocenters. The zero-order valence-corrected chi connectivity index (χ0v) is 27.7. The van der Waals surface area contributed by atoms with Gasteiger partial charge in [-0.1, -0.05) is 115 Å². The van der Waals surface area contributed by atoms with Crippen molar-refractivity contribution < 1.29 is 0 Å². The molecule has 4 aromatic carbocycles. The average Bonchev–Trinajstić information content (AvgIpc) is 3.51. The Morgan fingerprint density at radius 2 is 1.08 bits per heavy atom. The normalized spacial score (nSPS) is 20.1. The van der Waals surface area contributed by atoms with Gasteiger partial charge in [-0.15, -0.1) is 0 Å². The summed E-state index contributed by atoms with van der Waals surface area (Å²) in [6.45, 7) is 0. The summed E-state index contributed by atoms with van der Waals surface area (Å²) in [5, 5.41) is 0. The molecule has 0 spiro atoms. The van der Waals surface area contributed by atoms with Crippen molar-refractivity contribution in [2.45, 2.75) is 37.5 Å². The van der Waals surface area contributed by atoms with Gasteiger partial charge in [0.25, 0.3) is 0 Å². The second-order valence-corrected chi connectivity index (χ2v) is 14.1. The molecule has 0 aliphatic heterocycles. The Bertz CT molecular complexity index is 2350. The van der Waals surface area contributed by atoms with Crippen LogP contribution in [0.25, 0.3) is 67.9 Å². The maximum absolute atomic E-state index is 5.41. The molecule has 10 rings (SSSR count). The minimum Gasteiger partial charge on any atom is -0.254 e. The lowest BCUT2D eigenvalue weighted by molar-refractivity contribution is 0.311. The molecule has 0 radical (unpaired) electrons. The first kappa shape index (κ1) is 29.1. The Kier molecular flexibility index (Phi) is 6.97. The Morgan fingerprint density at radius 1 is 0.420 bits per heavy atom. The third-order valence-electron chi connectivity index (χ3n) is 11.2. The van der Waals surface area contributed by atoms with Crippen LogP contribution in [-0.4, -0.2) is 24.9 Å². The SMILES string of the molecule is c1ccc(-c2ccc(-c3nc(-c4cccc(-c5ccccc5)c4)nc(-c4ccc5c(n4)-c4ncccc4C4CC6CC(C4)C5C6)n3)cc2)cc1. The first-order chi connectivity index (χ1) is 24.7. The van der Waals surface area contributed by atoms with Gasteiger partial charge in [-0.25, -0.2) is 19.9 Å². The van der Waals surface area contributed by atoms with Gasteiger partial charge in [0.05, 0.1) is 11.4 Å². The minimum absolute atomic E-state index is 0.532. The van der Waals surface area contributed by atoms with E-state index in [1.165, 1.54) is 42.4 Å². The summed E-state index contributed by atoms with van der Waals surface area (Å²) in [6, 6.07) is 46.6. The number of hydrogen-bond donors (Lipinski definition) is 0. The zero-order valence-electron chi connectivity index (χ0n) is 27.7. The number of fused-ring (bicyclic) bond motifs is 7. The smallest absolute Gasteiger partial charge is 0.182 e. The molecule has 240 valence electrons. The fraction of sp³-hybridized carbons (Fsp3) is 0.178. The van der Waals surface area contributed by atoms with Crippen molar-refractivity contribution in [3.05, 3.63) is 151 Å². The van der Waals surface area contributed by atoms with E-state index >= 15 is 0 Å². The third kappa shape index (κ3) is 5.12. The highest BCUT2D eigenvalue weighted by atomic mass is 15.0. The predicted molar refractivity (Wildman–Crippen MR) is 199 cm³/mol. The van der Waals surface area contributed by atoms with Gasteiger partial charge in [0, 0.05) is 17.3 Å². The van der Waals surface area contributed by atoms with Crippen LogP contribution in [0.2, 0.25) is 0 Å². The lowest BCUT2D eigenvalue weighted by Gasteiger charge is -2.33. The van der Waals surface area contributed by atoms with Crippen LogP contribution in [0.1, 0.15) is 48.6 Å². The molecule has 3 aromatic heterocycles. The van der Waals surface area contributed by atoms with E-state index in [0.29, 0.717) is 35.2 Å². The quantitative estimate of drug-likeness (QED) is 0.186. The first-order valence-electron chi connectivity index (χ1n) is 17.8. The maximum Gasteiger partial charge on any atom is 0.182 e. The number of rotatable bonds is 5. The molecule has 50 heavy (non-hydrogen) atoms. The van der Waals surface area contributed by atoms with Gasteiger partial charge < -0.3 is 0 Å². The highest BCUT2D eigenvalue weighted by Gasteiger charge is 2.45. The number of hydrogen-bond acceptors (Lipinski definition) is 5. The summed E-state index contributed by atoms with van der Waals surface area (Å²) in [6.07, 6.45) is 7.02. The minimum atomic E-state index is 0.532. The van der Waals surface area contributed by atoms with Crippen molar-refractivity contribution in [2.75, 3.05) is 0 Å². The largest absolute Gasteiger partial charge is 0.254 e. The summed E-state index contributed by atoms with van der Waals surface area (Å²) in [7, 11) is 0. The molecular formula is C45H35N5. The second-order valence-electron chi connectivity index (χ2n) is 14.1. The van der Waals surface area contributed by atoms with Crippen LogP contribution in [0.4, 0.5) is 0 Å². The van der Waals surface area contributed by atoms with Gasteiger partial charge in [0.1, 0.15) is 5.69 Å². The Balaban J connectivity index is 1.13. The van der Waals surface area contributed by atoms with Gasteiger partial charge in [0.15, 0.2) is 17.5 Å². The first-order valence-corrected chi connectivity index (χ1v) is 17.8. The van der Waals surface area contributed by atoms with Crippen LogP contribution in [0.3, 0.4) is 0 Å². The molecular weight excluding hydrogens is 611 g/mol. The van der Waals surface area contributed by atoms with Crippen LogP contribution >= 0.6 is 0 Å². The van der Waals surface area contributed by atoms with E-state index in [1.807, 2.05) is 18.3 Å². The van der Waals surface area contributed by atoms with E-state index in [9.17, 15) is 0 Å². The second kappa shape index (κ2) is 12.0. The molecule has 5 nitrogen and oxygen atoms in total. The van der Waals surface area contributed by atoms with Crippen LogP contribution in [0.5, 0.6) is 0 Å². The van der Waals surface area contributed by atoms with Gasteiger partial charge in [-0.05, 0) is 101 Å². The maximum atomic E-state index is 5.41. The molecule has 3 heterocycles. The van der Waals surface area contributed by atoms with Gasteiger partial charge in [-0.3, -0.25) is 4.98 Å². The highest BCUT2D eigenvalue weighted by Crippen LogP contribution is 2.58. The van der Waals surface area contributed by atoms with Crippen molar-refractivity contribution in [1.29, 1.82) is 0 Å². The van der Waals surface area contributed by atoms with Gasteiger partial charge in [0.2, 0.25) is 0 Å². The van der Waals surface area contributed by atoms with Crippen LogP contribution in [0.15, 0.2) is 140 Å². The van der Waals surface area contributed by atoms with E-state index in [4.69, 9.17) is 24.9 Å². The van der Waals surface area contributed by atoms with Crippen molar-refractivity contribution in [1.82, 2.24) is 24.9 Å². The molecule has 7 aromatic rings. The molecule has 3 aliphatic carbocycles. The predicted octanol–water partition coefficient (Wildman–Crippen LogP) is 10.7. The Hall–Kier alpha value is -5.81. The molecule has 3 aliphatic rings. The fourth-order valence-electron chi connectivity index (χ4n) is 8.88. The van der Waals surface area contributed by atoms with Crippen LogP contribution in [0, 0.1) is 11.8 Å². The average molecular weight is 646 g/mol. The molecule has 3 bridgehead atoms.